The van der Waals surface area contributed by atoms with Crippen molar-refractivity contribution in [1.29, 1.82) is 0 Å². The van der Waals surface area contributed by atoms with Gasteiger partial charge in [-0.25, -0.2) is 0 Å². The first-order valence-corrected chi connectivity index (χ1v) is 5.97. The van der Waals surface area contributed by atoms with Crippen molar-refractivity contribution in [3.63, 3.8) is 0 Å². The molecule has 0 unspecified atom stereocenters. The second-order valence-electron chi connectivity index (χ2n) is 4.33. The Hall–Kier alpha value is -2.11. The number of nitrogens with zero attached hydrogens (tertiary/aromatic N) is 2. The zero-order valence-corrected chi connectivity index (χ0v) is 9.76. The van der Waals surface area contributed by atoms with Gasteiger partial charge in [0.25, 0.3) is 0 Å². The monoisotopic (exact) mass is 247 g/mol. The van der Waals surface area contributed by atoms with Gasteiger partial charge in [-0.3, -0.25) is 4.79 Å². The second kappa shape index (κ2) is 4.64. The van der Waals surface area contributed by atoms with Gasteiger partial charge in [0.05, 0.1) is 12.8 Å². The summed E-state index contributed by atoms with van der Waals surface area (Å²) in [5.41, 5.74) is 0. The molecule has 3 rings (SSSR count). The highest BCUT2D eigenvalue weighted by molar-refractivity contribution is 5.79. The van der Waals surface area contributed by atoms with Crippen molar-refractivity contribution in [3.05, 3.63) is 24.3 Å². The van der Waals surface area contributed by atoms with Gasteiger partial charge in [0.2, 0.25) is 17.6 Å². The summed E-state index contributed by atoms with van der Waals surface area (Å²) in [5, 5.41) is 6.58. The zero-order chi connectivity index (χ0) is 12.4. The summed E-state index contributed by atoms with van der Waals surface area (Å²) in [4.78, 5) is 15.8. The molecule has 18 heavy (non-hydrogen) atoms. The molecule has 0 aliphatic heterocycles. The van der Waals surface area contributed by atoms with Crippen molar-refractivity contribution in [3.8, 4) is 11.6 Å². The van der Waals surface area contributed by atoms with Gasteiger partial charge < -0.3 is 14.3 Å². The van der Waals surface area contributed by atoms with Crippen LogP contribution in [-0.4, -0.2) is 16.0 Å². The van der Waals surface area contributed by atoms with Crippen molar-refractivity contribution >= 4 is 5.91 Å². The van der Waals surface area contributed by atoms with E-state index in [2.05, 4.69) is 15.5 Å². The maximum atomic E-state index is 11.6. The van der Waals surface area contributed by atoms with Crippen LogP contribution in [0.25, 0.3) is 11.6 Å². The Morgan fingerprint density at radius 3 is 3.06 bits per heavy atom. The lowest BCUT2D eigenvalue weighted by atomic mass is 9.85. The standard InChI is InChI=1S/C12H13N3O3/c16-12(8-3-1-4-8)13-7-10-14-11(15-18-10)9-5-2-6-17-9/h2,5-6,8H,1,3-4,7H2,(H,13,16). The van der Waals surface area contributed by atoms with Crippen LogP contribution in [0.2, 0.25) is 0 Å². The van der Waals surface area contributed by atoms with E-state index in [-0.39, 0.29) is 18.4 Å². The number of rotatable bonds is 4. The molecule has 1 aliphatic rings. The van der Waals surface area contributed by atoms with Crippen molar-refractivity contribution < 1.29 is 13.7 Å². The van der Waals surface area contributed by atoms with Crippen LogP contribution in [0.5, 0.6) is 0 Å². The highest BCUT2D eigenvalue weighted by Crippen LogP contribution is 2.26. The molecule has 1 fully saturated rings. The Morgan fingerprint density at radius 1 is 1.50 bits per heavy atom. The molecule has 2 aromatic heterocycles. The molecule has 2 heterocycles. The lowest BCUT2D eigenvalue weighted by Gasteiger charge is -2.23. The SMILES string of the molecule is O=C(NCc1nc(-c2ccco2)no1)C1CCC1. The van der Waals surface area contributed by atoms with Gasteiger partial charge in [-0.05, 0) is 25.0 Å². The molecular formula is C12H13N3O3. The van der Waals surface area contributed by atoms with E-state index in [1.165, 1.54) is 0 Å². The van der Waals surface area contributed by atoms with Crippen LogP contribution < -0.4 is 5.32 Å². The third kappa shape index (κ3) is 2.13. The van der Waals surface area contributed by atoms with E-state index in [1.807, 2.05) is 0 Å². The molecule has 6 heteroatoms. The maximum Gasteiger partial charge on any atom is 0.246 e. The van der Waals surface area contributed by atoms with E-state index in [0.717, 1.165) is 19.3 Å². The second-order valence-corrected chi connectivity index (χ2v) is 4.33. The van der Waals surface area contributed by atoms with Crippen LogP contribution in [0.15, 0.2) is 27.3 Å². The first-order chi connectivity index (χ1) is 8.83. The summed E-state index contributed by atoms with van der Waals surface area (Å²) in [6, 6.07) is 3.51. The molecule has 6 nitrogen and oxygen atoms in total. The highest BCUT2D eigenvalue weighted by atomic mass is 16.5. The number of carbonyl (C=O) groups excluding carboxylic acids is 1. The molecule has 0 atom stereocenters. The van der Waals surface area contributed by atoms with Crippen LogP contribution in [0.4, 0.5) is 0 Å². The summed E-state index contributed by atoms with van der Waals surface area (Å²) in [7, 11) is 0. The summed E-state index contributed by atoms with van der Waals surface area (Å²) < 4.78 is 10.2. The normalized spacial score (nSPS) is 15.3. The third-order valence-electron chi connectivity index (χ3n) is 3.10. The third-order valence-corrected chi connectivity index (χ3v) is 3.10. The van der Waals surface area contributed by atoms with Gasteiger partial charge >= 0.3 is 0 Å². The molecular weight excluding hydrogens is 234 g/mol. The first-order valence-electron chi connectivity index (χ1n) is 5.97. The molecule has 94 valence electrons. The Labute approximate surface area is 103 Å². The number of furan rings is 1. The molecule has 1 amide bonds. The number of carbonyl (C=O) groups is 1. The van der Waals surface area contributed by atoms with E-state index in [0.29, 0.717) is 17.5 Å². The lowest BCUT2D eigenvalue weighted by molar-refractivity contribution is -0.127. The highest BCUT2D eigenvalue weighted by Gasteiger charge is 2.25. The van der Waals surface area contributed by atoms with Gasteiger partial charge in [-0.2, -0.15) is 4.98 Å². The van der Waals surface area contributed by atoms with E-state index in [1.54, 1.807) is 18.4 Å². The minimum Gasteiger partial charge on any atom is -0.461 e. The Morgan fingerprint density at radius 2 is 2.39 bits per heavy atom. The van der Waals surface area contributed by atoms with Crippen molar-refractivity contribution in [2.24, 2.45) is 5.92 Å². The molecule has 0 saturated heterocycles. The molecule has 1 aliphatic carbocycles. The minimum absolute atomic E-state index is 0.0685. The number of hydrogen-bond acceptors (Lipinski definition) is 5. The van der Waals surface area contributed by atoms with Crippen LogP contribution >= 0.6 is 0 Å². The predicted octanol–water partition coefficient (Wildman–Crippen LogP) is 1.75. The topological polar surface area (TPSA) is 81.2 Å². The molecule has 1 N–H and O–H groups in total. The fourth-order valence-electron chi connectivity index (χ4n) is 1.81. The molecule has 0 bridgehead atoms. The molecule has 1 saturated carbocycles. The van der Waals surface area contributed by atoms with Crippen LogP contribution in [0, 0.1) is 5.92 Å². The maximum absolute atomic E-state index is 11.6. The fourth-order valence-corrected chi connectivity index (χ4v) is 1.81. The summed E-state index contributed by atoms with van der Waals surface area (Å²) in [5.74, 6) is 1.56. The van der Waals surface area contributed by atoms with E-state index in [9.17, 15) is 4.79 Å². The van der Waals surface area contributed by atoms with Crippen LogP contribution in [-0.2, 0) is 11.3 Å². The number of aromatic nitrogens is 2. The first kappa shape index (κ1) is 11.0. The fraction of sp³-hybridized carbons (Fsp3) is 0.417. The van der Waals surface area contributed by atoms with E-state index >= 15 is 0 Å². The Kier molecular flexibility index (Phi) is 2.84. The van der Waals surface area contributed by atoms with Crippen LogP contribution in [0.1, 0.15) is 25.2 Å². The smallest absolute Gasteiger partial charge is 0.246 e. The van der Waals surface area contributed by atoms with E-state index < -0.39 is 0 Å². The van der Waals surface area contributed by atoms with Gasteiger partial charge in [-0.1, -0.05) is 11.6 Å². The zero-order valence-electron chi connectivity index (χ0n) is 9.76. The van der Waals surface area contributed by atoms with Crippen molar-refractivity contribution in [1.82, 2.24) is 15.5 Å². The summed E-state index contributed by atoms with van der Waals surface area (Å²) >= 11 is 0. The Balaban J connectivity index is 1.58. The average molecular weight is 247 g/mol. The number of amides is 1. The quantitative estimate of drug-likeness (QED) is 0.890. The van der Waals surface area contributed by atoms with E-state index in [4.69, 9.17) is 8.94 Å². The van der Waals surface area contributed by atoms with Gasteiger partial charge in [0.1, 0.15) is 0 Å². The van der Waals surface area contributed by atoms with Gasteiger partial charge in [-0.15, -0.1) is 0 Å². The predicted molar refractivity (Wildman–Crippen MR) is 61.2 cm³/mol. The minimum atomic E-state index is 0.0685. The van der Waals surface area contributed by atoms with Crippen molar-refractivity contribution in [2.75, 3.05) is 0 Å². The molecule has 0 spiro atoms. The number of nitrogens with one attached hydrogen (secondary N) is 1. The van der Waals surface area contributed by atoms with Crippen molar-refractivity contribution in [2.45, 2.75) is 25.8 Å². The summed E-state index contributed by atoms with van der Waals surface area (Å²) in [6.07, 6.45) is 4.64. The van der Waals surface area contributed by atoms with Gasteiger partial charge in [0.15, 0.2) is 5.76 Å². The molecule has 2 aromatic rings. The Bertz CT molecular complexity index is 529. The lowest BCUT2D eigenvalue weighted by Crippen LogP contribution is -2.34. The van der Waals surface area contributed by atoms with Crippen LogP contribution in [0.3, 0.4) is 0 Å². The molecule has 0 aromatic carbocycles. The summed E-state index contributed by atoms with van der Waals surface area (Å²) in [6.45, 7) is 0.267. The largest absolute Gasteiger partial charge is 0.461 e. The van der Waals surface area contributed by atoms with Gasteiger partial charge in [0, 0.05) is 5.92 Å². The average Bonchev–Trinajstić information content (AvgIpc) is 2.94. The molecule has 0 radical (unpaired) electrons. The number of hydrogen-bond donors (Lipinski definition) is 1.